The number of benzene rings is 2. The van der Waals surface area contributed by atoms with Crippen LogP contribution in [0.3, 0.4) is 0 Å². The summed E-state index contributed by atoms with van der Waals surface area (Å²) in [6, 6.07) is 12.6. The van der Waals surface area contributed by atoms with Crippen LogP contribution in [-0.4, -0.2) is 44.7 Å². The van der Waals surface area contributed by atoms with Crippen molar-refractivity contribution in [3.05, 3.63) is 58.9 Å². The van der Waals surface area contributed by atoms with Gasteiger partial charge in [-0.2, -0.15) is 4.52 Å². The second kappa shape index (κ2) is 7.00. The van der Waals surface area contributed by atoms with Crippen LogP contribution in [-0.2, 0) is 19.4 Å². The number of fused-ring (bicyclic) bond motifs is 4. The summed E-state index contributed by atoms with van der Waals surface area (Å²) in [6.07, 6.45) is 2.10. The summed E-state index contributed by atoms with van der Waals surface area (Å²) in [6.45, 7) is 4.84. The van der Waals surface area contributed by atoms with Crippen LogP contribution >= 0.6 is 0 Å². The Bertz CT molecular complexity index is 1220. The van der Waals surface area contributed by atoms with Crippen LogP contribution in [0.25, 0.3) is 16.6 Å². The molecule has 0 radical (unpaired) electrons. The van der Waals surface area contributed by atoms with E-state index in [1.807, 2.05) is 18.2 Å². The fourth-order valence-corrected chi connectivity index (χ4v) is 4.16. The van der Waals surface area contributed by atoms with Crippen molar-refractivity contribution in [3.63, 3.8) is 0 Å². The third-order valence-electron chi connectivity index (χ3n) is 5.68. The minimum absolute atomic E-state index is 0.314. The number of aromatic nitrogens is 4. The van der Waals surface area contributed by atoms with Gasteiger partial charge in [-0.25, -0.2) is 9.97 Å². The Kier molecular flexibility index (Phi) is 4.32. The maximum absolute atomic E-state index is 6.17. The summed E-state index contributed by atoms with van der Waals surface area (Å²) in [5, 5.41) is 5.53. The van der Waals surface area contributed by atoms with Crippen molar-refractivity contribution >= 4 is 22.5 Å². The second-order valence-corrected chi connectivity index (χ2v) is 7.64. The van der Waals surface area contributed by atoms with Gasteiger partial charge in [-0.3, -0.25) is 4.90 Å². The summed E-state index contributed by atoms with van der Waals surface area (Å²) in [5.74, 6) is 1.76. The van der Waals surface area contributed by atoms with Crippen molar-refractivity contribution < 1.29 is 4.74 Å². The molecule has 0 bridgehead atoms. The number of nitrogens with zero attached hydrogens (tertiary/aromatic N) is 5. The number of nitrogen functional groups attached to an aromatic ring is 1. The molecule has 4 aromatic rings. The van der Waals surface area contributed by atoms with Crippen LogP contribution < -0.4 is 10.5 Å². The normalized spacial score (nSPS) is 14.8. The van der Waals surface area contributed by atoms with Gasteiger partial charge in [0.2, 0.25) is 5.95 Å². The van der Waals surface area contributed by atoms with Crippen molar-refractivity contribution in [1.82, 2.24) is 24.5 Å². The van der Waals surface area contributed by atoms with Crippen molar-refractivity contribution in [2.45, 2.75) is 26.3 Å². The van der Waals surface area contributed by atoms with E-state index in [-0.39, 0.29) is 0 Å². The van der Waals surface area contributed by atoms with Crippen molar-refractivity contribution in [1.29, 1.82) is 0 Å². The average molecular weight is 388 g/mol. The highest BCUT2D eigenvalue weighted by molar-refractivity contribution is 5.95. The maximum Gasteiger partial charge on any atom is 0.223 e. The first-order valence-electron chi connectivity index (χ1n) is 9.91. The van der Waals surface area contributed by atoms with E-state index in [1.54, 1.807) is 11.6 Å². The molecule has 0 unspecified atom stereocenters. The van der Waals surface area contributed by atoms with Crippen LogP contribution in [0, 0.1) is 6.92 Å². The predicted molar refractivity (Wildman–Crippen MR) is 113 cm³/mol. The molecule has 0 fully saturated rings. The van der Waals surface area contributed by atoms with Gasteiger partial charge in [0.25, 0.3) is 0 Å². The molecule has 0 saturated carbocycles. The molecule has 5 rings (SSSR count). The van der Waals surface area contributed by atoms with Crippen LogP contribution in [0.1, 0.15) is 22.5 Å². The lowest BCUT2D eigenvalue weighted by Gasteiger charge is -2.17. The lowest BCUT2D eigenvalue weighted by molar-refractivity contribution is 0.272. The van der Waals surface area contributed by atoms with Crippen LogP contribution in [0.15, 0.2) is 36.4 Å². The maximum atomic E-state index is 6.17. The van der Waals surface area contributed by atoms with Crippen molar-refractivity contribution in [3.8, 4) is 5.75 Å². The van der Waals surface area contributed by atoms with Crippen molar-refractivity contribution in [2.24, 2.45) is 0 Å². The molecule has 0 amide bonds. The summed E-state index contributed by atoms with van der Waals surface area (Å²) in [7, 11) is 1.63. The highest BCUT2D eigenvalue weighted by Gasteiger charge is 2.18. The first-order chi connectivity index (χ1) is 14.1. The number of anilines is 1. The topological polar surface area (TPSA) is 81.6 Å². The zero-order chi connectivity index (χ0) is 20.0. The Morgan fingerprint density at radius 2 is 1.90 bits per heavy atom. The standard InChI is InChI=1S/C22H24N6O/c1-14-6-7-15-8-10-27(11-9-16(15)12-14)13-19-24-21-17-4-3-5-18(29-2)20(17)25-22(23)28(21)26-19/h3-7,12H,8-11,13H2,1-2H3,(H2,23,25). The molecule has 7 heteroatoms. The smallest absolute Gasteiger partial charge is 0.223 e. The predicted octanol–water partition coefficient (Wildman–Crippen LogP) is 2.78. The highest BCUT2D eigenvalue weighted by Crippen LogP contribution is 2.27. The third-order valence-corrected chi connectivity index (χ3v) is 5.68. The molecule has 2 aromatic heterocycles. The lowest BCUT2D eigenvalue weighted by Crippen LogP contribution is -2.26. The molecule has 148 valence electrons. The van der Waals surface area contributed by atoms with Gasteiger partial charge < -0.3 is 10.5 Å². The molecule has 2 N–H and O–H groups in total. The summed E-state index contributed by atoms with van der Waals surface area (Å²) in [5.41, 5.74) is 11.8. The van der Waals surface area contributed by atoms with Gasteiger partial charge in [-0.1, -0.05) is 29.8 Å². The number of nitrogens with two attached hydrogens (primary N) is 1. The molecular weight excluding hydrogens is 364 g/mol. The van der Waals surface area contributed by atoms with Crippen LogP contribution in [0.2, 0.25) is 0 Å². The molecule has 0 spiro atoms. The molecular formula is C22H24N6O. The van der Waals surface area contributed by atoms with Gasteiger partial charge in [0.1, 0.15) is 11.3 Å². The van der Waals surface area contributed by atoms with Crippen LogP contribution in [0.5, 0.6) is 5.75 Å². The van der Waals surface area contributed by atoms with E-state index in [9.17, 15) is 0 Å². The Morgan fingerprint density at radius 3 is 2.72 bits per heavy atom. The molecule has 0 aliphatic carbocycles. The van der Waals surface area contributed by atoms with Crippen LogP contribution in [0.4, 0.5) is 5.95 Å². The van der Waals surface area contributed by atoms with E-state index < -0.39 is 0 Å². The fourth-order valence-electron chi connectivity index (χ4n) is 4.16. The monoisotopic (exact) mass is 388 g/mol. The largest absolute Gasteiger partial charge is 0.494 e. The minimum atomic E-state index is 0.314. The number of hydrogen-bond acceptors (Lipinski definition) is 6. The molecule has 1 aliphatic rings. The van der Waals surface area contributed by atoms with Gasteiger partial charge in [0, 0.05) is 18.5 Å². The summed E-state index contributed by atoms with van der Waals surface area (Å²) >= 11 is 0. The van der Waals surface area contributed by atoms with Gasteiger partial charge in [0.05, 0.1) is 13.7 Å². The first kappa shape index (κ1) is 17.9. The minimum Gasteiger partial charge on any atom is -0.494 e. The number of rotatable bonds is 3. The molecule has 0 saturated heterocycles. The first-order valence-corrected chi connectivity index (χ1v) is 9.91. The Hall–Kier alpha value is -3.19. The summed E-state index contributed by atoms with van der Waals surface area (Å²) in [4.78, 5) is 11.7. The fraction of sp³-hybridized carbons (Fsp3) is 0.318. The molecule has 1 aliphatic heterocycles. The van der Waals surface area contributed by atoms with Gasteiger partial charge >= 0.3 is 0 Å². The zero-order valence-corrected chi connectivity index (χ0v) is 16.7. The Morgan fingerprint density at radius 1 is 1.07 bits per heavy atom. The highest BCUT2D eigenvalue weighted by atomic mass is 16.5. The Balaban J connectivity index is 1.46. The quantitative estimate of drug-likeness (QED) is 0.581. The van der Waals surface area contributed by atoms with E-state index in [0.29, 0.717) is 23.8 Å². The van der Waals surface area contributed by atoms with E-state index in [1.165, 1.54) is 16.7 Å². The molecule has 2 aromatic carbocycles. The number of hydrogen-bond donors (Lipinski definition) is 1. The lowest BCUT2D eigenvalue weighted by atomic mass is 10.0. The zero-order valence-electron chi connectivity index (χ0n) is 16.7. The van der Waals surface area contributed by atoms with Gasteiger partial charge in [-0.15, -0.1) is 5.10 Å². The summed E-state index contributed by atoms with van der Waals surface area (Å²) < 4.78 is 7.06. The molecule has 0 atom stereocenters. The van der Waals surface area contributed by atoms with Gasteiger partial charge in [-0.05, 0) is 43.0 Å². The van der Waals surface area contributed by atoms with E-state index in [2.05, 4.69) is 40.1 Å². The number of para-hydroxylation sites is 1. The van der Waals surface area contributed by atoms with E-state index >= 15 is 0 Å². The van der Waals surface area contributed by atoms with Gasteiger partial charge in [0.15, 0.2) is 11.5 Å². The molecule has 7 nitrogen and oxygen atoms in total. The average Bonchev–Trinajstić information content (AvgIpc) is 3.05. The SMILES string of the molecule is COc1cccc2c1nc(N)n1nc(CN3CCc4ccc(C)cc4CC3)nc21. The third kappa shape index (κ3) is 3.17. The molecule has 3 heterocycles. The van der Waals surface area contributed by atoms with E-state index in [0.717, 1.165) is 42.8 Å². The number of aryl methyl sites for hydroxylation is 1. The number of ether oxygens (including phenoxy) is 1. The molecule has 29 heavy (non-hydrogen) atoms. The Labute approximate surface area is 169 Å². The number of methoxy groups -OCH3 is 1. The van der Waals surface area contributed by atoms with Crippen molar-refractivity contribution in [2.75, 3.05) is 25.9 Å². The second-order valence-electron chi connectivity index (χ2n) is 7.64. The van der Waals surface area contributed by atoms with E-state index in [4.69, 9.17) is 15.5 Å².